The van der Waals surface area contributed by atoms with Crippen LogP contribution in [0.4, 0.5) is 21.7 Å². The summed E-state index contributed by atoms with van der Waals surface area (Å²) in [5, 5.41) is 7.34. The Balaban J connectivity index is 1.26. The van der Waals surface area contributed by atoms with Crippen molar-refractivity contribution in [3.63, 3.8) is 0 Å². The maximum Gasteiger partial charge on any atom is 0.160 e. The minimum absolute atomic E-state index is 0.00723. The molecule has 0 N–H and O–H groups in total. The van der Waals surface area contributed by atoms with Crippen LogP contribution in [0.5, 0.6) is 11.5 Å². The van der Waals surface area contributed by atoms with Crippen LogP contribution in [0.25, 0.3) is 44.4 Å². The fourth-order valence-electron chi connectivity index (χ4n) is 7.14. The lowest BCUT2D eigenvalue weighted by atomic mass is 9.86. The molecular formula is C46H43FN6O. The van der Waals surface area contributed by atoms with Crippen LogP contribution in [0.1, 0.15) is 31.9 Å². The van der Waals surface area contributed by atoms with Gasteiger partial charge in [0.05, 0.1) is 22.3 Å². The van der Waals surface area contributed by atoms with Gasteiger partial charge in [-0.05, 0) is 77.6 Å². The minimum Gasteiger partial charge on any atom is -0.457 e. The normalized spacial score (nSPS) is 11.7. The summed E-state index contributed by atoms with van der Waals surface area (Å²) in [5.41, 5.74) is 7.79. The number of benzene rings is 5. The van der Waals surface area contributed by atoms with Crippen molar-refractivity contribution in [3.05, 3.63) is 151 Å². The molecule has 8 rings (SSSR count). The van der Waals surface area contributed by atoms with Crippen LogP contribution in [0.2, 0.25) is 0 Å². The van der Waals surface area contributed by atoms with Crippen LogP contribution in [0, 0.1) is 12.7 Å². The lowest BCUT2D eigenvalue weighted by Crippen LogP contribution is -2.15. The highest BCUT2D eigenvalue weighted by atomic mass is 19.1. The third kappa shape index (κ3) is 6.34. The zero-order valence-electron chi connectivity index (χ0n) is 31.7. The summed E-state index contributed by atoms with van der Waals surface area (Å²) in [6, 6.07) is 41.9. The molecule has 270 valence electrons. The van der Waals surface area contributed by atoms with Crippen LogP contribution in [0.3, 0.4) is 0 Å². The summed E-state index contributed by atoms with van der Waals surface area (Å²) in [6.07, 6.45) is 1.83. The Bertz CT molecular complexity index is 2630. The van der Waals surface area contributed by atoms with E-state index in [1.165, 1.54) is 17.7 Å². The molecule has 0 aliphatic carbocycles. The summed E-state index contributed by atoms with van der Waals surface area (Å²) in [7, 11) is 5.98. The smallest absolute Gasteiger partial charge is 0.160 e. The molecule has 0 saturated heterocycles. The number of rotatable bonds is 8. The molecule has 8 aromatic rings. The Labute approximate surface area is 315 Å². The molecular weight excluding hydrogens is 672 g/mol. The van der Waals surface area contributed by atoms with E-state index >= 15 is 4.39 Å². The first-order chi connectivity index (χ1) is 26.0. The summed E-state index contributed by atoms with van der Waals surface area (Å²) in [6.45, 7) is 8.69. The Morgan fingerprint density at radius 3 is 2.15 bits per heavy atom. The third-order valence-corrected chi connectivity index (χ3v) is 9.88. The monoisotopic (exact) mass is 714 g/mol. The standard InChI is InChI=1S/C46H43FN6O/c1-30-23-24-48-42(25-30)52-40-16-12-11-15-38(40)39-22-21-36(29-41(39)52)54-37-27-33(47)26-35(28-37)53-45(51(7)34-13-9-8-10-14-34)43(44(49-53)50(5)6)31-17-19-32(20-18-31)46(2,3)4/h8-29H,1-7H3. The molecule has 0 amide bonds. The van der Waals surface area contributed by atoms with E-state index in [-0.39, 0.29) is 5.41 Å². The molecule has 0 spiro atoms. The molecule has 0 unspecified atom stereocenters. The molecule has 8 heteroatoms. The number of hydrogen-bond acceptors (Lipinski definition) is 5. The van der Waals surface area contributed by atoms with E-state index in [9.17, 15) is 0 Å². The van der Waals surface area contributed by atoms with Crippen LogP contribution in [-0.2, 0) is 5.41 Å². The Kier molecular flexibility index (Phi) is 8.69. The van der Waals surface area contributed by atoms with E-state index in [1.807, 2.05) is 91.5 Å². The molecule has 54 heavy (non-hydrogen) atoms. The topological polar surface area (TPSA) is 51.4 Å². The molecule has 3 aromatic heterocycles. The van der Waals surface area contributed by atoms with Gasteiger partial charge in [-0.15, -0.1) is 5.10 Å². The Hall–Kier alpha value is -6.41. The van der Waals surface area contributed by atoms with Crippen molar-refractivity contribution in [3.8, 4) is 34.1 Å². The van der Waals surface area contributed by atoms with Gasteiger partial charge in [0.1, 0.15) is 29.0 Å². The van der Waals surface area contributed by atoms with Gasteiger partial charge < -0.3 is 14.5 Å². The second kappa shape index (κ2) is 13.5. The zero-order chi connectivity index (χ0) is 37.7. The van der Waals surface area contributed by atoms with Gasteiger partial charge in [0.15, 0.2) is 5.82 Å². The maximum atomic E-state index is 15.8. The number of halogens is 1. The van der Waals surface area contributed by atoms with Crippen molar-refractivity contribution in [1.82, 2.24) is 19.3 Å². The largest absolute Gasteiger partial charge is 0.457 e. The molecule has 0 aliphatic heterocycles. The van der Waals surface area contributed by atoms with Crippen LogP contribution in [0.15, 0.2) is 134 Å². The maximum absolute atomic E-state index is 15.8. The number of hydrogen-bond donors (Lipinski definition) is 0. The van der Waals surface area contributed by atoms with Crippen molar-refractivity contribution in [2.24, 2.45) is 0 Å². The average molecular weight is 715 g/mol. The second-order valence-electron chi connectivity index (χ2n) is 15.0. The highest BCUT2D eigenvalue weighted by Gasteiger charge is 2.27. The number of nitrogens with zero attached hydrogens (tertiary/aromatic N) is 6. The first-order valence-electron chi connectivity index (χ1n) is 18.1. The van der Waals surface area contributed by atoms with Gasteiger partial charge in [0.2, 0.25) is 0 Å². The fourth-order valence-corrected chi connectivity index (χ4v) is 7.14. The molecule has 0 radical (unpaired) electrons. The molecule has 0 saturated carbocycles. The van der Waals surface area contributed by atoms with Crippen molar-refractivity contribution in [1.29, 1.82) is 0 Å². The lowest BCUT2D eigenvalue weighted by molar-refractivity contribution is 0.476. The summed E-state index contributed by atoms with van der Waals surface area (Å²) >= 11 is 0. The number of aromatic nitrogens is 4. The molecule has 0 atom stereocenters. The molecule has 3 heterocycles. The van der Waals surface area contributed by atoms with Gasteiger partial charge in [0.25, 0.3) is 0 Å². The molecule has 0 aliphatic rings. The van der Waals surface area contributed by atoms with E-state index in [2.05, 4.69) is 97.8 Å². The quantitative estimate of drug-likeness (QED) is 0.157. The predicted molar refractivity (Wildman–Crippen MR) is 220 cm³/mol. The molecule has 0 bridgehead atoms. The van der Waals surface area contributed by atoms with Gasteiger partial charge in [-0.3, -0.25) is 4.57 Å². The van der Waals surface area contributed by atoms with E-state index in [4.69, 9.17) is 14.8 Å². The van der Waals surface area contributed by atoms with Crippen LogP contribution in [-0.4, -0.2) is 40.5 Å². The number of ether oxygens (including phenoxy) is 1. The van der Waals surface area contributed by atoms with Crippen molar-refractivity contribution in [2.75, 3.05) is 30.9 Å². The van der Waals surface area contributed by atoms with Crippen molar-refractivity contribution < 1.29 is 9.13 Å². The minimum atomic E-state index is -0.437. The van der Waals surface area contributed by atoms with Crippen LogP contribution >= 0.6 is 0 Å². The molecule has 5 aromatic carbocycles. The summed E-state index contributed by atoms with van der Waals surface area (Å²) in [5.74, 6) is 2.86. The van der Waals surface area contributed by atoms with E-state index < -0.39 is 5.82 Å². The molecule has 0 fully saturated rings. The number of pyridine rings is 1. The number of para-hydroxylation sites is 2. The van der Waals surface area contributed by atoms with Gasteiger partial charge in [-0.2, -0.15) is 0 Å². The van der Waals surface area contributed by atoms with Crippen LogP contribution < -0.4 is 14.5 Å². The van der Waals surface area contributed by atoms with Gasteiger partial charge in [-0.25, -0.2) is 14.1 Å². The highest BCUT2D eigenvalue weighted by molar-refractivity contribution is 6.09. The lowest BCUT2D eigenvalue weighted by Gasteiger charge is -2.24. The fraction of sp³-hybridized carbons (Fsp3) is 0.174. The Morgan fingerprint density at radius 1 is 0.704 bits per heavy atom. The van der Waals surface area contributed by atoms with E-state index in [1.54, 1.807) is 0 Å². The predicted octanol–water partition coefficient (Wildman–Crippen LogP) is 11.4. The first-order valence-corrected chi connectivity index (χ1v) is 18.1. The van der Waals surface area contributed by atoms with Gasteiger partial charge in [-0.1, -0.05) is 81.4 Å². The van der Waals surface area contributed by atoms with Crippen molar-refractivity contribution >= 4 is 39.1 Å². The average Bonchev–Trinajstić information content (AvgIpc) is 3.71. The first kappa shape index (κ1) is 34.7. The second-order valence-corrected chi connectivity index (χ2v) is 15.0. The number of anilines is 3. The highest BCUT2D eigenvalue weighted by Crippen LogP contribution is 2.43. The molecule has 7 nitrogen and oxygen atoms in total. The third-order valence-electron chi connectivity index (χ3n) is 9.88. The number of aryl methyl sites for hydroxylation is 1. The van der Waals surface area contributed by atoms with Gasteiger partial charge in [0, 0.05) is 62.0 Å². The van der Waals surface area contributed by atoms with E-state index in [0.717, 1.165) is 61.6 Å². The number of fused-ring (bicyclic) bond motifs is 3. The summed E-state index contributed by atoms with van der Waals surface area (Å²) in [4.78, 5) is 8.81. The zero-order valence-corrected chi connectivity index (χ0v) is 31.7. The van der Waals surface area contributed by atoms with E-state index in [0.29, 0.717) is 17.2 Å². The summed E-state index contributed by atoms with van der Waals surface area (Å²) < 4.78 is 26.2. The SMILES string of the molecule is Cc1ccnc(-n2c3ccccc3c3ccc(Oc4cc(F)cc(-n5nc(N(C)C)c(-c6ccc(C(C)(C)C)cc6)c5N(C)c5ccccc5)c4)cc32)c1. The van der Waals surface area contributed by atoms with Crippen molar-refractivity contribution in [2.45, 2.75) is 33.1 Å². The van der Waals surface area contributed by atoms with Gasteiger partial charge >= 0.3 is 0 Å². The Morgan fingerprint density at radius 2 is 1.43 bits per heavy atom.